The van der Waals surface area contributed by atoms with E-state index >= 15 is 0 Å². The molecule has 0 saturated heterocycles. The molecule has 0 amide bonds. The number of hydrogen-bond donors (Lipinski definition) is 2. The molecule has 1 unspecified atom stereocenters. The number of esters is 1. The Morgan fingerprint density at radius 1 is 1.32 bits per heavy atom. The number of aliphatic hydroxyl groups excluding tert-OH is 1. The average Bonchev–Trinajstić information content (AvgIpc) is 2.33. The van der Waals surface area contributed by atoms with Crippen molar-refractivity contribution >= 4 is 5.97 Å². The van der Waals surface area contributed by atoms with E-state index in [-0.39, 0.29) is 12.0 Å². The lowest BCUT2D eigenvalue weighted by molar-refractivity contribution is 0.00684. The number of nitrogens with zero attached hydrogens (tertiary/aromatic N) is 1. The average molecular weight is 308 g/mol. The predicted octanol–water partition coefficient (Wildman–Crippen LogP) is 2.97. The Labute approximate surface area is 132 Å². The molecule has 1 atom stereocenters. The predicted molar refractivity (Wildman–Crippen MR) is 86.3 cm³/mol. The highest BCUT2D eigenvalue weighted by atomic mass is 16.6. The first-order chi connectivity index (χ1) is 9.93. The van der Waals surface area contributed by atoms with Crippen molar-refractivity contribution in [2.24, 2.45) is 11.1 Å². The van der Waals surface area contributed by atoms with Crippen molar-refractivity contribution in [1.82, 2.24) is 4.98 Å². The maximum atomic E-state index is 12.1. The normalized spacial score (nSPS) is 13.8. The van der Waals surface area contributed by atoms with Crippen molar-refractivity contribution in [1.29, 1.82) is 0 Å². The van der Waals surface area contributed by atoms with Gasteiger partial charge in [-0.05, 0) is 44.2 Å². The summed E-state index contributed by atoms with van der Waals surface area (Å²) < 4.78 is 5.32. The molecule has 0 bridgehead atoms. The number of carbonyl (C=O) groups is 1. The van der Waals surface area contributed by atoms with Crippen LogP contribution in [0.3, 0.4) is 0 Å². The second-order valence-electron chi connectivity index (χ2n) is 7.75. The van der Waals surface area contributed by atoms with Crippen molar-refractivity contribution in [3.63, 3.8) is 0 Å². The molecule has 0 spiro atoms. The Morgan fingerprint density at radius 3 is 2.36 bits per heavy atom. The summed E-state index contributed by atoms with van der Waals surface area (Å²) in [7, 11) is 0. The first-order valence-electron chi connectivity index (χ1n) is 7.53. The van der Waals surface area contributed by atoms with Gasteiger partial charge in [0, 0.05) is 12.7 Å². The molecule has 22 heavy (non-hydrogen) atoms. The Bertz CT molecular complexity index is 528. The number of ether oxygens (including phenoxy) is 1. The largest absolute Gasteiger partial charge is 0.456 e. The fourth-order valence-corrected chi connectivity index (χ4v) is 2.11. The van der Waals surface area contributed by atoms with Gasteiger partial charge in [0.2, 0.25) is 0 Å². The fourth-order valence-electron chi connectivity index (χ4n) is 2.11. The lowest BCUT2D eigenvalue weighted by Gasteiger charge is -2.24. The third-order valence-corrected chi connectivity index (χ3v) is 2.98. The molecular formula is C17H28N2O3. The zero-order valence-electron chi connectivity index (χ0n) is 14.4. The van der Waals surface area contributed by atoms with Crippen LogP contribution in [0.1, 0.15) is 75.7 Å². The summed E-state index contributed by atoms with van der Waals surface area (Å²) in [5.74, 6) is -0.438. The highest BCUT2D eigenvalue weighted by molar-refractivity contribution is 5.89. The van der Waals surface area contributed by atoms with Crippen LogP contribution in [-0.4, -0.2) is 21.7 Å². The molecule has 124 valence electrons. The van der Waals surface area contributed by atoms with E-state index in [1.165, 1.54) is 6.20 Å². The molecule has 0 aliphatic heterocycles. The first-order valence-corrected chi connectivity index (χ1v) is 7.53. The summed E-state index contributed by atoms with van der Waals surface area (Å²) >= 11 is 0. The fraction of sp³-hybridized carbons (Fsp3) is 0.647. The number of hydrogen-bond acceptors (Lipinski definition) is 5. The SMILES string of the molecule is CC(C)(C)CC(O)c1ncc(C(=O)OC(C)(C)C)cc1CN. The van der Waals surface area contributed by atoms with E-state index in [1.807, 2.05) is 41.5 Å². The minimum absolute atomic E-state index is 0.0310. The minimum Gasteiger partial charge on any atom is -0.456 e. The Kier molecular flexibility index (Phi) is 5.70. The number of carbonyl (C=O) groups excluding carboxylic acids is 1. The van der Waals surface area contributed by atoms with Crippen molar-refractivity contribution < 1.29 is 14.6 Å². The maximum Gasteiger partial charge on any atom is 0.340 e. The lowest BCUT2D eigenvalue weighted by atomic mass is 9.87. The minimum atomic E-state index is -0.703. The van der Waals surface area contributed by atoms with Gasteiger partial charge in [0.25, 0.3) is 0 Å². The Balaban J connectivity index is 3.03. The third-order valence-electron chi connectivity index (χ3n) is 2.98. The van der Waals surface area contributed by atoms with E-state index in [4.69, 9.17) is 10.5 Å². The van der Waals surface area contributed by atoms with E-state index in [2.05, 4.69) is 4.98 Å². The maximum absolute atomic E-state index is 12.1. The zero-order valence-corrected chi connectivity index (χ0v) is 14.4. The molecule has 0 aromatic carbocycles. The van der Waals surface area contributed by atoms with E-state index in [1.54, 1.807) is 6.07 Å². The van der Waals surface area contributed by atoms with Gasteiger partial charge in [0.1, 0.15) is 5.60 Å². The van der Waals surface area contributed by atoms with Crippen LogP contribution in [-0.2, 0) is 11.3 Å². The van der Waals surface area contributed by atoms with Crippen LogP contribution in [0.25, 0.3) is 0 Å². The summed E-state index contributed by atoms with van der Waals surface area (Å²) in [6.45, 7) is 11.8. The highest BCUT2D eigenvalue weighted by Crippen LogP contribution is 2.30. The van der Waals surface area contributed by atoms with Crippen LogP contribution < -0.4 is 5.73 Å². The third kappa shape index (κ3) is 5.73. The monoisotopic (exact) mass is 308 g/mol. The molecule has 1 aromatic heterocycles. The van der Waals surface area contributed by atoms with E-state index in [0.717, 1.165) is 0 Å². The second-order valence-corrected chi connectivity index (χ2v) is 7.75. The molecule has 0 fully saturated rings. The van der Waals surface area contributed by atoms with Crippen LogP contribution in [0.15, 0.2) is 12.3 Å². The summed E-state index contributed by atoms with van der Waals surface area (Å²) in [6, 6.07) is 1.66. The topological polar surface area (TPSA) is 85.4 Å². The van der Waals surface area contributed by atoms with E-state index in [9.17, 15) is 9.90 Å². The molecule has 0 saturated carbocycles. The number of rotatable bonds is 4. The van der Waals surface area contributed by atoms with Crippen molar-refractivity contribution in [3.8, 4) is 0 Å². The van der Waals surface area contributed by atoms with Gasteiger partial charge in [-0.1, -0.05) is 20.8 Å². The van der Waals surface area contributed by atoms with Gasteiger partial charge in [-0.2, -0.15) is 0 Å². The smallest absolute Gasteiger partial charge is 0.340 e. The molecule has 3 N–H and O–H groups in total. The van der Waals surface area contributed by atoms with Crippen LogP contribution >= 0.6 is 0 Å². The Hall–Kier alpha value is -1.46. The van der Waals surface area contributed by atoms with E-state index in [0.29, 0.717) is 23.2 Å². The van der Waals surface area contributed by atoms with Crippen LogP contribution in [0.4, 0.5) is 0 Å². The molecule has 5 nitrogen and oxygen atoms in total. The van der Waals surface area contributed by atoms with Gasteiger partial charge in [0.05, 0.1) is 17.4 Å². The molecule has 1 aromatic rings. The molecular weight excluding hydrogens is 280 g/mol. The molecule has 1 rings (SSSR count). The quantitative estimate of drug-likeness (QED) is 0.835. The molecule has 1 heterocycles. The number of aromatic nitrogens is 1. The van der Waals surface area contributed by atoms with Gasteiger partial charge >= 0.3 is 5.97 Å². The zero-order chi connectivity index (χ0) is 17.1. The molecule has 0 radical (unpaired) electrons. The molecule has 5 heteroatoms. The van der Waals surface area contributed by atoms with Gasteiger partial charge in [-0.3, -0.25) is 4.98 Å². The highest BCUT2D eigenvalue weighted by Gasteiger charge is 2.23. The van der Waals surface area contributed by atoms with E-state index < -0.39 is 17.7 Å². The summed E-state index contributed by atoms with van der Waals surface area (Å²) in [6.07, 6.45) is 1.30. The van der Waals surface area contributed by atoms with Gasteiger partial charge < -0.3 is 15.6 Å². The summed E-state index contributed by atoms with van der Waals surface area (Å²) in [4.78, 5) is 16.3. The van der Waals surface area contributed by atoms with Gasteiger partial charge in [-0.25, -0.2) is 4.79 Å². The Morgan fingerprint density at radius 2 is 1.91 bits per heavy atom. The number of aliphatic hydroxyl groups is 1. The number of pyridine rings is 1. The van der Waals surface area contributed by atoms with Crippen molar-refractivity contribution in [3.05, 3.63) is 29.1 Å². The lowest BCUT2D eigenvalue weighted by Crippen LogP contribution is -2.24. The van der Waals surface area contributed by atoms with Crippen LogP contribution in [0.5, 0.6) is 0 Å². The standard InChI is InChI=1S/C17H28N2O3/c1-16(2,3)8-13(20)14-11(9-18)7-12(10-19-14)15(21)22-17(4,5)6/h7,10,13,20H,8-9,18H2,1-6H3. The number of nitrogens with two attached hydrogens (primary N) is 1. The van der Waals surface area contributed by atoms with Gasteiger partial charge in [0.15, 0.2) is 0 Å². The van der Waals surface area contributed by atoms with Gasteiger partial charge in [-0.15, -0.1) is 0 Å². The van der Waals surface area contributed by atoms with Crippen LogP contribution in [0, 0.1) is 5.41 Å². The summed E-state index contributed by atoms with van der Waals surface area (Å²) in [5.41, 5.74) is 6.70. The molecule has 0 aliphatic rings. The first kappa shape index (κ1) is 18.6. The van der Waals surface area contributed by atoms with Crippen molar-refractivity contribution in [2.75, 3.05) is 0 Å². The van der Waals surface area contributed by atoms with Crippen molar-refractivity contribution in [2.45, 2.75) is 66.2 Å². The second kappa shape index (κ2) is 6.75. The summed E-state index contributed by atoms with van der Waals surface area (Å²) in [5, 5.41) is 10.3. The van der Waals surface area contributed by atoms with Crippen LogP contribution in [0.2, 0.25) is 0 Å². The molecule has 0 aliphatic carbocycles.